The number of hydrogen-bond donors (Lipinski definition) is 0. The first-order valence-corrected chi connectivity index (χ1v) is 8.47. The van der Waals surface area contributed by atoms with Crippen LogP contribution in [0.25, 0.3) is 0 Å². The lowest BCUT2D eigenvalue weighted by molar-refractivity contribution is 0.517. The van der Waals surface area contributed by atoms with Crippen LogP contribution in [0.3, 0.4) is 0 Å². The summed E-state index contributed by atoms with van der Waals surface area (Å²) in [4.78, 5) is 0. The highest BCUT2D eigenvalue weighted by Gasteiger charge is 2.22. The predicted molar refractivity (Wildman–Crippen MR) is 72.8 cm³/mol. The highest BCUT2D eigenvalue weighted by atomic mass is 35.5. The van der Waals surface area contributed by atoms with Crippen LogP contribution >= 0.6 is 11.6 Å². The average Bonchev–Trinajstić information content (AvgIpc) is 2.14. The molecule has 0 heterocycles. The maximum absolute atomic E-state index is 6.00. The minimum Gasteiger partial charge on any atom is -0.542 e. The number of alkyl halides is 1. The van der Waals surface area contributed by atoms with Gasteiger partial charge >= 0.3 is 0 Å². The molecule has 0 aromatic heterocycles. The molecule has 0 atom stereocenters. The summed E-state index contributed by atoms with van der Waals surface area (Å²) in [6, 6.07) is 6.15. The molecule has 0 aliphatic heterocycles. The molecular weight excluding hydrogens is 236 g/mol. The molecule has 1 aromatic carbocycles. The highest BCUT2D eigenvalue weighted by Crippen LogP contribution is 2.35. The van der Waals surface area contributed by atoms with Crippen molar-refractivity contribution in [2.75, 3.05) is 0 Å². The second-order valence-corrected chi connectivity index (χ2v) is 7.47. The van der Waals surface area contributed by atoms with Crippen LogP contribution < -0.4 is 4.43 Å². The van der Waals surface area contributed by atoms with Crippen molar-refractivity contribution in [3.63, 3.8) is 0 Å². The standard InChI is InChI=1S/C13H20ClOSi/c1-13(2,3)12-10(9-14)7-6-8-11(12)15-16(4)5/h6-8H,9H2,1-5H3. The van der Waals surface area contributed by atoms with Gasteiger partial charge in [-0.25, -0.2) is 0 Å². The Hall–Kier alpha value is -0.473. The number of halogens is 1. The second kappa shape index (κ2) is 5.24. The van der Waals surface area contributed by atoms with Crippen LogP contribution in [0, 0.1) is 0 Å². The Balaban J connectivity index is 3.26. The molecule has 0 saturated carbocycles. The molecule has 89 valence electrons. The molecule has 1 radical (unpaired) electrons. The van der Waals surface area contributed by atoms with Gasteiger partial charge in [-0.05, 0) is 30.1 Å². The Labute approximate surface area is 106 Å². The van der Waals surface area contributed by atoms with E-state index in [0.717, 1.165) is 5.75 Å². The Kier molecular flexibility index (Phi) is 4.45. The molecule has 0 aliphatic carbocycles. The maximum atomic E-state index is 6.00. The third-order valence-corrected chi connectivity index (χ3v) is 3.24. The number of rotatable bonds is 3. The Morgan fingerprint density at radius 3 is 2.31 bits per heavy atom. The van der Waals surface area contributed by atoms with Crippen molar-refractivity contribution >= 4 is 20.6 Å². The molecule has 3 heteroatoms. The highest BCUT2D eigenvalue weighted by molar-refractivity contribution is 6.49. The van der Waals surface area contributed by atoms with E-state index in [-0.39, 0.29) is 5.41 Å². The van der Waals surface area contributed by atoms with Crippen LogP contribution in [-0.2, 0) is 11.3 Å². The fourth-order valence-corrected chi connectivity index (χ4v) is 2.68. The molecule has 0 unspecified atom stereocenters. The molecular formula is C13H20ClOSi. The summed E-state index contributed by atoms with van der Waals surface area (Å²) >= 11 is 6.00. The monoisotopic (exact) mass is 255 g/mol. The Morgan fingerprint density at radius 1 is 1.25 bits per heavy atom. The van der Waals surface area contributed by atoms with Crippen molar-refractivity contribution in [3.05, 3.63) is 29.3 Å². The van der Waals surface area contributed by atoms with Crippen molar-refractivity contribution in [2.24, 2.45) is 0 Å². The van der Waals surface area contributed by atoms with Crippen LogP contribution in [0.5, 0.6) is 5.75 Å². The molecule has 0 spiro atoms. The predicted octanol–water partition coefficient (Wildman–Crippen LogP) is 4.35. The smallest absolute Gasteiger partial charge is 0.274 e. The van der Waals surface area contributed by atoms with Gasteiger partial charge in [0.25, 0.3) is 9.04 Å². The summed E-state index contributed by atoms with van der Waals surface area (Å²) in [6.45, 7) is 10.9. The van der Waals surface area contributed by atoms with Gasteiger partial charge in [0.2, 0.25) is 0 Å². The van der Waals surface area contributed by atoms with Crippen molar-refractivity contribution in [1.82, 2.24) is 0 Å². The average molecular weight is 256 g/mol. The lowest BCUT2D eigenvalue weighted by Crippen LogP contribution is -2.19. The zero-order valence-corrected chi connectivity index (χ0v) is 12.5. The van der Waals surface area contributed by atoms with E-state index in [9.17, 15) is 0 Å². The summed E-state index contributed by atoms with van der Waals surface area (Å²) in [7, 11) is -0.736. The van der Waals surface area contributed by atoms with Crippen molar-refractivity contribution in [1.29, 1.82) is 0 Å². The number of hydrogen-bond acceptors (Lipinski definition) is 1. The van der Waals surface area contributed by atoms with E-state index in [4.69, 9.17) is 16.0 Å². The summed E-state index contributed by atoms with van der Waals surface area (Å²) in [6.07, 6.45) is 0. The van der Waals surface area contributed by atoms with E-state index in [1.807, 2.05) is 12.1 Å². The van der Waals surface area contributed by atoms with E-state index in [1.54, 1.807) is 0 Å². The van der Waals surface area contributed by atoms with E-state index in [1.165, 1.54) is 11.1 Å². The molecule has 0 saturated heterocycles. The van der Waals surface area contributed by atoms with Gasteiger partial charge in [-0.2, -0.15) is 0 Å². The lowest BCUT2D eigenvalue weighted by Gasteiger charge is -2.26. The quantitative estimate of drug-likeness (QED) is 0.576. The van der Waals surface area contributed by atoms with Gasteiger partial charge in [0.15, 0.2) is 0 Å². The van der Waals surface area contributed by atoms with Crippen LogP contribution in [0.2, 0.25) is 13.1 Å². The maximum Gasteiger partial charge on any atom is 0.274 e. The van der Waals surface area contributed by atoms with E-state index < -0.39 is 9.04 Å². The van der Waals surface area contributed by atoms with Gasteiger partial charge in [0.1, 0.15) is 5.75 Å². The van der Waals surface area contributed by atoms with Gasteiger partial charge in [-0.3, -0.25) is 0 Å². The minimum atomic E-state index is -0.736. The third-order valence-electron chi connectivity index (χ3n) is 2.32. The SMILES string of the molecule is C[Si](C)Oc1cccc(CCl)c1C(C)(C)C. The normalized spacial score (nSPS) is 11.9. The van der Waals surface area contributed by atoms with Gasteiger partial charge in [-0.1, -0.05) is 32.9 Å². The van der Waals surface area contributed by atoms with Crippen molar-refractivity contribution in [2.45, 2.75) is 45.2 Å². The molecule has 0 N–H and O–H groups in total. The van der Waals surface area contributed by atoms with Crippen LogP contribution in [0.4, 0.5) is 0 Å². The molecule has 16 heavy (non-hydrogen) atoms. The topological polar surface area (TPSA) is 9.23 Å². The van der Waals surface area contributed by atoms with Crippen LogP contribution in [-0.4, -0.2) is 9.04 Å². The van der Waals surface area contributed by atoms with Crippen molar-refractivity contribution < 1.29 is 4.43 Å². The first-order valence-electron chi connectivity index (χ1n) is 5.52. The fraction of sp³-hybridized carbons (Fsp3) is 0.538. The molecule has 1 aromatic rings. The minimum absolute atomic E-state index is 0.0676. The van der Waals surface area contributed by atoms with Gasteiger partial charge in [0, 0.05) is 11.4 Å². The van der Waals surface area contributed by atoms with E-state index in [0.29, 0.717) is 5.88 Å². The molecule has 0 amide bonds. The van der Waals surface area contributed by atoms with Crippen LogP contribution in [0.1, 0.15) is 31.9 Å². The van der Waals surface area contributed by atoms with Crippen LogP contribution in [0.15, 0.2) is 18.2 Å². The zero-order chi connectivity index (χ0) is 12.3. The Morgan fingerprint density at radius 2 is 1.88 bits per heavy atom. The summed E-state index contributed by atoms with van der Waals surface area (Å²) in [5.74, 6) is 1.55. The summed E-state index contributed by atoms with van der Waals surface area (Å²) in [5.41, 5.74) is 2.49. The summed E-state index contributed by atoms with van der Waals surface area (Å²) in [5, 5.41) is 0. The number of benzene rings is 1. The van der Waals surface area contributed by atoms with Gasteiger partial charge in [0.05, 0.1) is 0 Å². The molecule has 0 aliphatic rings. The first-order chi connectivity index (χ1) is 7.36. The first kappa shape index (κ1) is 13.6. The lowest BCUT2D eigenvalue weighted by atomic mass is 9.83. The van der Waals surface area contributed by atoms with Crippen molar-refractivity contribution in [3.8, 4) is 5.75 Å². The fourth-order valence-electron chi connectivity index (χ4n) is 1.84. The molecule has 0 bridgehead atoms. The largest absolute Gasteiger partial charge is 0.542 e. The van der Waals surface area contributed by atoms with E-state index in [2.05, 4.69) is 39.9 Å². The molecule has 1 nitrogen and oxygen atoms in total. The molecule has 1 rings (SSSR count). The zero-order valence-electron chi connectivity index (χ0n) is 10.7. The molecule has 0 fully saturated rings. The summed E-state index contributed by atoms with van der Waals surface area (Å²) < 4.78 is 5.96. The Bertz CT molecular complexity index is 355. The van der Waals surface area contributed by atoms with Gasteiger partial charge < -0.3 is 4.43 Å². The second-order valence-electron chi connectivity index (χ2n) is 5.18. The van der Waals surface area contributed by atoms with Gasteiger partial charge in [-0.15, -0.1) is 11.6 Å². The van der Waals surface area contributed by atoms with E-state index >= 15 is 0 Å². The third kappa shape index (κ3) is 3.26.